The van der Waals surface area contributed by atoms with Crippen molar-refractivity contribution in [3.63, 3.8) is 0 Å². The molecule has 8 atom stereocenters. The molecule has 0 spiro atoms. The van der Waals surface area contributed by atoms with E-state index in [4.69, 9.17) is 0 Å². The van der Waals surface area contributed by atoms with Crippen LogP contribution in [0.1, 0.15) is 78.1 Å². The van der Waals surface area contributed by atoms with Gasteiger partial charge in [-0.3, -0.25) is 4.79 Å². The highest BCUT2D eigenvalue weighted by atomic mass is 16.3. The third kappa shape index (κ3) is 2.79. The minimum atomic E-state index is -0.407. The molecule has 0 radical (unpaired) electrons. The highest BCUT2D eigenvalue weighted by Crippen LogP contribution is 2.58. The molecule has 0 bridgehead atoms. The van der Waals surface area contributed by atoms with Gasteiger partial charge in [-0.05, 0) is 107 Å². The number of Topliss-reactive ketones (excluding diaryl/α,β-unsaturated/α-hetero) is 1. The molecule has 0 aromatic heterocycles. The predicted octanol–water partition coefficient (Wildman–Crippen LogP) is 4.60. The molecule has 0 saturated heterocycles. The van der Waals surface area contributed by atoms with E-state index in [0.29, 0.717) is 17.6 Å². The van der Waals surface area contributed by atoms with Crippen molar-refractivity contribution in [3.8, 4) is 0 Å². The molecule has 0 heterocycles. The van der Waals surface area contributed by atoms with E-state index in [1.54, 1.807) is 0 Å². The smallest absolute Gasteiger partial charge is 0.133 e. The first-order chi connectivity index (χ1) is 11.0. The van der Waals surface area contributed by atoms with Gasteiger partial charge in [0.05, 0.1) is 5.60 Å². The Kier molecular flexibility index (Phi) is 4.11. The first-order valence-electron chi connectivity index (χ1n) is 10.2. The van der Waals surface area contributed by atoms with Crippen LogP contribution in [-0.2, 0) is 4.79 Å². The number of hydrogen-bond donors (Lipinski definition) is 1. The first kappa shape index (κ1) is 16.1. The summed E-state index contributed by atoms with van der Waals surface area (Å²) in [5.74, 6) is 5.79. The van der Waals surface area contributed by atoms with Crippen molar-refractivity contribution in [2.24, 2.45) is 41.4 Å². The van der Waals surface area contributed by atoms with E-state index in [0.717, 1.165) is 48.9 Å². The summed E-state index contributed by atoms with van der Waals surface area (Å²) in [4.78, 5) is 12.1. The molecular weight excluding hydrogens is 284 g/mol. The molecular formula is C21H34O2. The summed E-state index contributed by atoms with van der Waals surface area (Å²) < 4.78 is 0. The van der Waals surface area contributed by atoms with Gasteiger partial charge in [0.2, 0.25) is 0 Å². The fourth-order valence-corrected chi connectivity index (χ4v) is 7.45. The fourth-order valence-electron chi connectivity index (χ4n) is 7.45. The third-order valence-corrected chi connectivity index (χ3v) is 8.32. The Bertz CT molecular complexity index is 468. The molecule has 0 aromatic rings. The van der Waals surface area contributed by atoms with Gasteiger partial charge in [0.15, 0.2) is 0 Å². The van der Waals surface area contributed by atoms with E-state index < -0.39 is 5.60 Å². The monoisotopic (exact) mass is 318 g/mol. The number of carbonyl (C=O) groups is 1. The molecule has 4 fully saturated rings. The quantitative estimate of drug-likeness (QED) is 0.767. The minimum Gasteiger partial charge on any atom is -0.390 e. The number of ketones is 1. The number of rotatable bonds is 1. The lowest BCUT2D eigenvalue weighted by atomic mass is 9.49. The molecule has 1 N–H and O–H groups in total. The minimum absolute atomic E-state index is 0.375. The van der Waals surface area contributed by atoms with Gasteiger partial charge in [-0.1, -0.05) is 6.42 Å². The SMILES string of the molecule is CC(=O)[C@H]1CCC[C@H]2[C@@H]3CC[C@H]4C[C@](C)(O)CC[C@@H]4[C@H]3CC[C@@H]21. The van der Waals surface area contributed by atoms with Crippen LogP contribution in [0.2, 0.25) is 0 Å². The molecule has 4 rings (SSSR count). The zero-order valence-corrected chi connectivity index (χ0v) is 15.0. The van der Waals surface area contributed by atoms with Gasteiger partial charge in [0.1, 0.15) is 5.78 Å². The summed E-state index contributed by atoms with van der Waals surface area (Å²) >= 11 is 0. The Morgan fingerprint density at radius 3 is 2.30 bits per heavy atom. The standard InChI is InChI=1S/C21H34O2/c1-13(22)15-4-3-5-17-18(15)8-9-19-16-10-11-21(2,23)12-14(16)6-7-20(17)19/h14-20,23H,3-12H2,1-2H3/t14-,15+,16-,17+,18+,19+,20-,21+/m0/s1. The number of carbonyl (C=O) groups excluding carboxylic acids is 1. The van der Waals surface area contributed by atoms with Crippen LogP contribution in [-0.4, -0.2) is 16.5 Å². The lowest BCUT2D eigenvalue weighted by molar-refractivity contribution is -0.131. The maximum Gasteiger partial charge on any atom is 0.133 e. The molecule has 23 heavy (non-hydrogen) atoms. The molecule has 2 heteroatoms. The maximum absolute atomic E-state index is 12.1. The molecule has 4 saturated carbocycles. The summed E-state index contributed by atoms with van der Waals surface area (Å²) in [7, 11) is 0. The van der Waals surface area contributed by atoms with Crippen LogP contribution in [0.5, 0.6) is 0 Å². The van der Waals surface area contributed by atoms with Crippen molar-refractivity contribution < 1.29 is 9.90 Å². The second-order valence-electron chi connectivity index (χ2n) is 9.62. The van der Waals surface area contributed by atoms with Crippen molar-refractivity contribution in [1.29, 1.82) is 0 Å². The van der Waals surface area contributed by atoms with E-state index in [1.165, 1.54) is 44.9 Å². The molecule has 4 aliphatic carbocycles. The summed E-state index contributed by atoms with van der Waals surface area (Å²) in [6, 6.07) is 0. The van der Waals surface area contributed by atoms with Crippen LogP contribution in [0.25, 0.3) is 0 Å². The Morgan fingerprint density at radius 1 is 0.870 bits per heavy atom. The van der Waals surface area contributed by atoms with Gasteiger partial charge in [-0.2, -0.15) is 0 Å². The second-order valence-corrected chi connectivity index (χ2v) is 9.62. The molecule has 2 nitrogen and oxygen atoms in total. The Morgan fingerprint density at radius 2 is 1.52 bits per heavy atom. The van der Waals surface area contributed by atoms with Gasteiger partial charge >= 0.3 is 0 Å². The second kappa shape index (κ2) is 5.86. The average molecular weight is 319 g/mol. The van der Waals surface area contributed by atoms with Crippen molar-refractivity contribution in [1.82, 2.24) is 0 Å². The van der Waals surface area contributed by atoms with Crippen LogP contribution in [0.4, 0.5) is 0 Å². The molecule has 130 valence electrons. The van der Waals surface area contributed by atoms with Gasteiger partial charge < -0.3 is 5.11 Å². The Balaban J connectivity index is 1.52. The largest absolute Gasteiger partial charge is 0.390 e. The van der Waals surface area contributed by atoms with E-state index >= 15 is 0 Å². The maximum atomic E-state index is 12.1. The van der Waals surface area contributed by atoms with Gasteiger partial charge in [-0.15, -0.1) is 0 Å². The lowest BCUT2D eigenvalue weighted by Gasteiger charge is -2.56. The van der Waals surface area contributed by atoms with Crippen molar-refractivity contribution in [3.05, 3.63) is 0 Å². The van der Waals surface area contributed by atoms with Crippen molar-refractivity contribution in [2.75, 3.05) is 0 Å². The fraction of sp³-hybridized carbons (Fsp3) is 0.952. The number of fused-ring (bicyclic) bond motifs is 5. The van der Waals surface area contributed by atoms with Gasteiger partial charge in [0, 0.05) is 5.92 Å². The van der Waals surface area contributed by atoms with Crippen LogP contribution in [0.15, 0.2) is 0 Å². The Hall–Kier alpha value is -0.370. The van der Waals surface area contributed by atoms with E-state index in [1.807, 2.05) is 13.8 Å². The highest BCUT2D eigenvalue weighted by molar-refractivity contribution is 5.78. The summed E-state index contributed by atoms with van der Waals surface area (Å²) in [5.41, 5.74) is -0.407. The number of aliphatic hydroxyl groups is 1. The first-order valence-corrected chi connectivity index (χ1v) is 10.2. The zero-order chi connectivity index (χ0) is 16.2. The molecule has 0 aromatic carbocycles. The van der Waals surface area contributed by atoms with Gasteiger partial charge in [0.25, 0.3) is 0 Å². The summed E-state index contributed by atoms with van der Waals surface area (Å²) in [6.45, 7) is 3.88. The molecule has 0 amide bonds. The normalized spacial score (nSPS) is 52.9. The van der Waals surface area contributed by atoms with Crippen molar-refractivity contribution in [2.45, 2.75) is 83.7 Å². The summed E-state index contributed by atoms with van der Waals surface area (Å²) in [6.07, 6.45) is 12.4. The van der Waals surface area contributed by atoms with Crippen LogP contribution in [0, 0.1) is 41.4 Å². The van der Waals surface area contributed by atoms with E-state index in [-0.39, 0.29) is 0 Å². The number of hydrogen-bond acceptors (Lipinski definition) is 2. The summed E-state index contributed by atoms with van der Waals surface area (Å²) in [5, 5.41) is 10.5. The third-order valence-electron chi connectivity index (χ3n) is 8.32. The van der Waals surface area contributed by atoms with E-state index in [9.17, 15) is 9.90 Å². The molecule has 0 aliphatic heterocycles. The topological polar surface area (TPSA) is 37.3 Å². The molecule has 4 aliphatic rings. The van der Waals surface area contributed by atoms with Crippen LogP contribution >= 0.6 is 0 Å². The average Bonchev–Trinajstić information content (AvgIpc) is 2.52. The van der Waals surface area contributed by atoms with Gasteiger partial charge in [-0.25, -0.2) is 0 Å². The molecule has 0 unspecified atom stereocenters. The highest BCUT2D eigenvalue weighted by Gasteiger charge is 2.52. The van der Waals surface area contributed by atoms with E-state index in [2.05, 4.69) is 0 Å². The predicted molar refractivity (Wildman–Crippen MR) is 91.9 cm³/mol. The van der Waals surface area contributed by atoms with Crippen LogP contribution < -0.4 is 0 Å². The van der Waals surface area contributed by atoms with Crippen molar-refractivity contribution >= 4 is 5.78 Å². The zero-order valence-electron chi connectivity index (χ0n) is 15.0. The lowest BCUT2D eigenvalue weighted by Crippen LogP contribution is -2.50. The van der Waals surface area contributed by atoms with Crippen LogP contribution in [0.3, 0.4) is 0 Å². The Labute approximate surface area is 141 Å².